The quantitative estimate of drug-likeness (QED) is 0.706. The average molecular weight is 329 g/mol. The fourth-order valence-electron chi connectivity index (χ4n) is 1.45. The summed E-state index contributed by atoms with van der Waals surface area (Å²) in [5, 5.41) is 12.7. The van der Waals surface area contributed by atoms with Gasteiger partial charge in [0.2, 0.25) is 0 Å². The Morgan fingerprint density at radius 3 is 2.40 bits per heavy atom. The van der Waals surface area contributed by atoms with Crippen molar-refractivity contribution in [1.29, 1.82) is 0 Å². The number of aromatic hydroxyl groups is 1. The highest BCUT2D eigenvalue weighted by Crippen LogP contribution is 2.29. The molecular weight excluding hydrogens is 319 g/mol. The van der Waals surface area contributed by atoms with Crippen LogP contribution in [0.3, 0.4) is 0 Å². The smallest absolute Gasteiger partial charge is 0.336 e. The van der Waals surface area contributed by atoms with Crippen molar-refractivity contribution in [3.05, 3.63) is 52.5 Å². The number of hydrogen-bond donors (Lipinski definition) is 3. The van der Waals surface area contributed by atoms with Crippen LogP contribution in [-0.4, -0.2) is 11.1 Å². The molecule has 0 unspecified atom stereocenters. The maximum atomic E-state index is 12.0. The van der Waals surface area contributed by atoms with E-state index in [2.05, 4.69) is 18.1 Å². The number of carbonyl (C=O) groups is 1. The third-order valence-corrected chi connectivity index (χ3v) is 3.43. The van der Waals surface area contributed by atoms with Crippen molar-refractivity contribution in [3.8, 4) is 5.75 Å². The van der Waals surface area contributed by atoms with Crippen LogP contribution in [0.1, 0.15) is 0 Å². The Labute approximate surface area is 131 Å². The molecule has 2 rings (SSSR count). The Morgan fingerprint density at radius 1 is 1.15 bits per heavy atom. The molecule has 7 heteroatoms. The second kappa shape index (κ2) is 6.26. The molecule has 0 fully saturated rings. The molecule has 2 amide bonds. The molecule has 2 aromatic carbocycles. The molecule has 0 heterocycles. The first kappa shape index (κ1) is 14.8. The maximum Gasteiger partial charge on any atom is 0.336 e. The highest BCUT2D eigenvalue weighted by atomic mass is 35.5. The molecule has 0 aromatic heterocycles. The fourth-order valence-corrected chi connectivity index (χ4v) is 1.93. The fraction of sp³-hybridized carbons (Fsp3) is 0. The zero-order valence-electron chi connectivity index (χ0n) is 10.0. The van der Waals surface area contributed by atoms with Gasteiger partial charge in [-0.2, -0.15) is 0 Å². The van der Waals surface area contributed by atoms with Crippen LogP contribution in [0.5, 0.6) is 5.75 Å². The predicted octanol–water partition coefficient (Wildman–Crippen LogP) is 4.58. The summed E-state index contributed by atoms with van der Waals surface area (Å²) < 4.78 is 1.08. The lowest BCUT2D eigenvalue weighted by Crippen LogP contribution is -2.26. The normalized spacial score (nSPS) is 10.2. The van der Waals surface area contributed by atoms with Crippen molar-refractivity contribution in [2.75, 3.05) is 9.62 Å². The van der Waals surface area contributed by atoms with Gasteiger partial charge in [0.1, 0.15) is 5.75 Å². The van der Waals surface area contributed by atoms with Gasteiger partial charge >= 0.3 is 6.03 Å². The maximum absolute atomic E-state index is 12.0. The predicted molar refractivity (Wildman–Crippen MR) is 85.1 cm³/mol. The lowest BCUT2D eigenvalue weighted by Gasteiger charge is -2.17. The van der Waals surface area contributed by atoms with Crippen LogP contribution in [0, 0.1) is 0 Å². The van der Waals surface area contributed by atoms with Crippen molar-refractivity contribution in [2.45, 2.75) is 0 Å². The number of phenols is 1. The van der Waals surface area contributed by atoms with Gasteiger partial charge in [-0.3, -0.25) is 0 Å². The molecule has 20 heavy (non-hydrogen) atoms. The lowest BCUT2D eigenvalue weighted by atomic mass is 10.3. The first-order valence-electron chi connectivity index (χ1n) is 5.51. The van der Waals surface area contributed by atoms with Crippen molar-refractivity contribution in [1.82, 2.24) is 0 Å². The van der Waals surface area contributed by atoms with E-state index in [9.17, 15) is 9.90 Å². The molecule has 0 bridgehead atoms. The van der Waals surface area contributed by atoms with E-state index in [0.29, 0.717) is 16.4 Å². The van der Waals surface area contributed by atoms with Crippen molar-refractivity contribution in [2.24, 2.45) is 0 Å². The van der Waals surface area contributed by atoms with Gasteiger partial charge in [-0.1, -0.05) is 36.0 Å². The minimum Gasteiger partial charge on any atom is -0.506 e. The Hall–Kier alpha value is -1.56. The summed E-state index contributed by atoms with van der Waals surface area (Å²) in [4.78, 5) is 12.0. The lowest BCUT2D eigenvalue weighted by molar-refractivity contribution is 0.260. The van der Waals surface area contributed by atoms with E-state index in [-0.39, 0.29) is 10.8 Å². The van der Waals surface area contributed by atoms with Gasteiger partial charge in [0.05, 0.1) is 10.7 Å². The first-order valence-corrected chi connectivity index (χ1v) is 6.67. The summed E-state index contributed by atoms with van der Waals surface area (Å²) >= 11 is 15.6. The minimum absolute atomic E-state index is 0.0599. The van der Waals surface area contributed by atoms with Crippen molar-refractivity contribution in [3.63, 3.8) is 0 Å². The molecular formula is C13H10Cl2N2O2S. The number of urea groups is 1. The van der Waals surface area contributed by atoms with E-state index < -0.39 is 6.03 Å². The van der Waals surface area contributed by atoms with Crippen LogP contribution < -0.4 is 9.62 Å². The number of carbonyl (C=O) groups excluding carboxylic acids is 1. The second-order valence-corrected chi connectivity index (χ2v) is 5.13. The molecule has 0 atom stereocenters. The molecule has 2 N–H and O–H groups in total. The van der Waals surface area contributed by atoms with Gasteiger partial charge in [-0.15, -0.1) is 0 Å². The number of anilines is 2. The Morgan fingerprint density at radius 2 is 1.80 bits per heavy atom. The molecule has 0 saturated heterocycles. The van der Waals surface area contributed by atoms with Crippen LogP contribution in [0.4, 0.5) is 16.2 Å². The standard InChI is InChI=1S/C13H10Cl2N2O2S/c14-8-1-3-9(4-2-8)16-13(19)17(20)10-5-6-12(18)11(15)7-10/h1-7,18,20H,(H,16,19). The third-order valence-electron chi connectivity index (χ3n) is 2.46. The largest absolute Gasteiger partial charge is 0.506 e. The van der Waals surface area contributed by atoms with Gasteiger partial charge < -0.3 is 10.4 Å². The Balaban J connectivity index is 2.11. The van der Waals surface area contributed by atoms with Gasteiger partial charge in [0.15, 0.2) is 0 Å². The Bertz CT molecular complexity index is 635. The number of rotatable bonds is 2. The van der Waals surface area contributed by atoms with Crippen molar-refractivity contribution >= 4 is 53.4 Å². The third kappa shape index (κ3) is 3.50. The summed E-state index contributed by atoms with van der Waals surface area (Å²) in [6.07, 6.45) is 0. The number of halogens is 2. The average Bonchev–Trinajstić information content (AvgIpc) is 2.43. The number of phenolic OH excluding ortho intramolecular Hbond substituents is 1. The summed E-state index contributed by atoms with van der Waals surface area (Å²) in [6, 6.07) is 10.6. The molecule has 4 nitrogen and oxygen atoms in total. The molecule has 0 aliphatic carbocycles. The molecule has 104 valence electrons. The molecule has 0 saturated carbocycles. The van der Waals surface area contributed by atoms with Crippen LogP contribution in [0.15, 0.2) is 42.5 Å². The Kier molecular flexibility index (Phi) is 4.65. The van der Waals surface area contributed by atoms with E-state index >= 15 is 0 Å². The number of benzene rings is 2. The highest BCUT2D eigenvalue weighted by Gasteiger charge is 2.13. The van der Waals surface area contributed by atoms with E-state index in [0.717, 1.165) is 4.31 Å². The van der Waals surface area contributed by atoms with E-state index in [1.165, 1.54) is 18.2 Å². The van der Waals surface area contributed by atoms with Crippen LogP contribution >= 0.6 is 36.0 Å². The van der Waals surface area contributed by atoms with Gasteiger partial charge in [0, 0.05) is 10.7 Å². The second-order valence-electron chi connectivity index (χ2n) is 3.88. The number of hydrogen-bond acceptors (Lipinski definition) is 3. The molecule has 0 spiro atoms. The topological polar surface area (TPSA) is 52.6 Å². The number of amides is 2. The number of nitrogens with zero attached hydrogens (tertiary/aromatic N) is 1. The van der Waals surface area contributed by atoms with Crippen LogP contribution in [0.25, 0.3) is 0 Å². The zero-order chi connectivity index (χ0) is 14.7. The van der Waals surface area contributed by atoms with E-state index in [4.69, 9.17) is 23.2 Å². The number of thiol groups is 1. The van der Waals surface area contributed by atoms with Crippen LogP contribution in [0.2, 0.25) is 10.0 Å². The molecule has 0 radical (unpaired) electrons. The van der Waals surface area contributed by atoms with Gasteiger partial charge in [-0.05, 0) is 42.5 Å². The van der Waals surface area contributed by atoms with Crippen molar-refractivity contribution < 1.29 is 9.90 Å². The summed E-state index contributed by atoms with van der Waals surface area (Å²) in [5.74, 6) is -0.0599. The minimum atomic E-state index is -0.461. The zero-order valence-corrected chi connectivity index (χ0v) is 12.5. The summed E-state index contributed by atoms with van der Waals surface area (Å²) in [6.45, 7) is 0. The highest BCUT2D eigenvalue weighted by molar-refractivity contribution is 7.82. The van der Waals surface area contributed by atoms with E-state index in [1.54, 1.807) is 24.3 Å². The number of nitrogens with one attached hydrogen (secondary N) is 1. The molecule has 0 aliphatic rings. The first-order chi connectivity index (χ1) is 9.47. The van der Waals surface area contributed by atoms with Crippen LogP contribution in [-0.2, 0) is 0 Å². The molecule has 2 aromatic rings. The SMILES string of the molecule is O=C(Nc1ccc(Cl)cc1)N(S)c1ccc(O)c(Cl)c1. The monoisotopic (exact) mass is 328 g/mol. The van der Waals surface area contributed by atoms with E-state index in [1.807, 2.05) is 0 Å². The van der Waals surface area contributed by atoms with Gasteiger partial charge in [-0.25, -0.2) is 9.10 Å². The summed E-state index contributed by atoms with van der Waals surface area (Å²) in [5.41, 5.74) is 1.02. The summed E-state index contributed by atoms with van der Waals surface area (Å²) in [7, 11) is 0. The molecule has 0 aliphatic heterocycles. The van der Waals surface area contributed by atoms with Gasteiger partial charge in [0.25, 0.3) is 0 Å².